The number of nitrogens with zero attached hydrogens (tertiary/aromatic N) is 4. The van der Waals surface area contributed by atoms with Crippen LogP contribution in [-0.2, 0) is 0 Å². The normalized spacial score (nSPS) is 10.1. The zero-order chi connectivity index (χ0) is 13.1. The summed E-state index contributed by atoms with van der Waals surface area (Å²) in [5, 5.41) is 4.78. The summed E-state index contributed by atoms with van der Waals surface area (Å²) in [6.45, 7) is 0. The monoisotopic (exact) mass is 246 g/mol. The summed E-state index contributed by atoms with van der Waals surface area (Å²) >= 11 is 0. The Hall–Kier alpha value is -2.84. The summed E-state index contributed by atoms with van der Waals surface area (Å²) < 4.78 is 0. The molecule has 3 aromatic rings. The van der Waals surface area contributed by atoms with Crippen LogP contribution in [0.15, 0.2) is 65.9 Å². The Kier molecular flexibility index (Phi) is 2.85. The fourth-order valence-electron chi connectivity index (χ4n) is 2.07. The van der Waals surface area contributed by atoms with Crippen molar-refractivity contribution in [3.63, 3.8) is 0 Å². The summed E-state index contributed by atoms with van der Waals surface area (Å²) in [6.07, 6.45) is 1.80. The molecule has 2 aromatic carbocycles. The maximum absolute atomic E-state index is 8.61. The Balaban J connectivity index is 2.21. The third-order valence-electron chi connectivity index (χ3n) is 2.96. The van der Waals surface area contributed by atoms with E-state index in [9.17, 15) is 0 Å². The zero-order valence-corrected chi connectivity index (χ0v) is 10.1. The highest BCUT2D eigenvalue weighted by Gasteiger charge is 2.04. The molecule has 4 nitrogen and oxygen atoms in total. The lowest BCUT2D eigenvalue weighted by Crippen LogP contribution is -1.83. The predicted molar refractivity (Wildman–Crippen MR) is 76.0 cm³/mol. The van der Waals surface area contributed by atoms with Crippen LogP contribution in [0.5, 0.6) is 0 Å². The average Bonchev–Trinajstić information content (AvgIpc) is 2.48. The zero-order valence-electron chi connectivity index (χ0n) is 10.1. The highest BCUT2D eigenvalue weighted by atomic mass is 15.1. The molecule has 19 heavy (non-hydrogen) atoms. The minimum absolute atomic E-state index is 0.613. The van der Waals surface area contributed by atoms with Crippen LogP contribution in [0.4, 0.5) is 5.69 Å². The predicted octanol–water partition coefficient (Wildman–Crippen LogP) is 4.84. The van der Waals surface area contributed by atoms with E-state index in [-0.39, 0.29) is 0 Å². The molecule has 0 aliphatic rings. The number of hydrogen-bond donors (Lipinski definition) is 0. The van der Waals surface area contributed by atoms with E-state index in [1.54, 1.807) is 12.3 Å². The molecule has 0 bridgehead atoms. The molecule has 4 heteroatoms. The Morgan fingerprint density at radius 3 is 2.68 bits per heavy atom. The summed E-state index contributed by atoms with van der Waals surface area (Å²) in [4.78, 5) is 7.28. The lowest BCUT2D eigenvalue weighted by atomic mass is 10.0. The first-order valence-electron chi connectivity index (χ1n) is 5.88. The Labute approximate surface area is 110 Å². The Bertz CT molecular complexity index is 789. The van der Waals surface area contributed by atoms with Crippen LogP contribution >= 0.6 is 0 Å². The summed E-state index contributed by atoms with van der Waals surface area (Å²) in [5.41, 5.74) is 12.0. The van der Waals surface area contributed by atoms with Gasteiger partial charge in [0.1, 0.15) is 0 Å². The van der Waals surface area contributed by atoms with Crippen molar-refractivity contribution in [2.24, 2.45) is 5.11 Å². The van der Waals surface area contributed by atoms with E-state index in [0.717, 1.165) is 22.0 Å². The SMILES string of the molecule is [N-]=[N+]=Nc1ccccc1-c1cnc2ccccc2c1. The van der Waals surface area contributed by atoms with Crippen molar-refractivity contribution in [2.75, 3.05) is 0 Å². The van der Waals surface area contributed by atoms with Crippen molar-refractivity contribution >= 4 is 16.6 Å². The quantitative estimate of drug-likeness (QED) is 0.362. The van der Waals surface area contributed by atoms with Crippen LogP contribution in [0.3, 0.4) is 0 Å². The molecule has 0 radical (unpaired) electrons. The van der Waals surface area contributed by atoms with E-state index in [4.69, 9.17) is 5.53 Å². The van der Waals surface area contributed by atoms with Gasteiger partial charge in [0.05, 0.1) is 5.52 Å². The van der Waals surface area contributed by atoms with Crippen LogP contribution in [0.25, 0.3) is 32.5 Å². The second-order valence-corrected chi connectivity index (χ2v) is 4.12. The molecule has 0 amide bonds. The van der Waals surface area contributed by atoms with Crippen LogP contribution in [-0.4, -0.2) is 4.98 Å². The van der Waals surface area contributed by atoms with Crippen LogP contribution in [0, 0.1) is 0 Å². The number of rotatable bonds is 2. The van der Waals surface area contributed by atoms with E-state index in [1.807, 2.05) is 48.5 Å². The molecule has 0 aliphatic carbocycles. The largest absolute Gasteiger partial charge is 0.256 e. The molecule has 1 aromatic heterocycles. The highest BCUT2D eigenvalue weighted by Crippen LogP contribution is 2.31. The van der Waals surface area contributed by atoms with Gasteiger partial charge in [0.15, 0.2) is 0 Å². The third-order valence-corrected chi connectivity index (χ3v) is 2.96. The molecule has 3 rings (SSSR count). The summed E-state index contributed by atoms with van der Waals surface area (Å²) in [7, 11) is 0. The van der Waals surface area contributed by atoms with Gasteiger partial charge < -0.3 is 0 Å². The van der Waals surface area contributed by atoms with Gasteiger partial charge in [-0.25, -0.2) is 0 Å². The van der Waals surface area contributed by atoms with E-state index in [2.05, 4.69) is 15.0 Å². The number of hydrogen-bond acceptors (Lipinski definition) is 2. The van der Waals surface area contributed by atoms with Crippen LogP contribution < -0.4 is 0 Å². The van der Waals surface area contributed by atoms with E-state index >= 15 is 0 Å². The fraction of sp³-hybridized carbons (Fsp3) is 0. The molecule has 1 heterocycles. The van der Waals surface area contributed by atoms with Crippen LogP contribution in [0.1, 0.15) is 0 Å². The highest BCUT2D eigenvalue weighted by molar-refractivity contribution is 5.86. The molecule has 0 unspecified atom stereocenters. The van der Waals surface area contributed by atoms with Gasteiger partial charge in [0.2, 0.25) is 0 Å². The number of para-hydroxylation sites is 1. The van der Waals surface area contributed by atoms with Gasteiger partial charge in [-0.2, -0.15) is 0 Å². The summed E-state index contributed by atoms with van der Waals surface area (Å²) in [5.74, 6) is 0. The maximum atomic E-state index is 8.61. The van der Waals surface area contributed by atoms with Crippen molar-refractivity contribution in [1.29, 1.82) is 0 Å². The van der Waals surface area contributed by atoms with E-state index in [1.165, 1.54) is 0 Å². The minimum Gasteiger partial charge on any atom is -0.256 e. The van der Waals surface area contributed by atoms with Crippen molar-refractivity contribution in [1.82, 2.24) is 4.98 Å². The molecular formula is C15H10N4. The van der Waals surface area contributed by atoms with Crippen molar-refractivity contribution in [2.45, 2.75) is 0 Å². The molecule has 0 fully saturated rings. The molecule has 0 saturated heterocycles. The average molecular weight is 246 g/mol. The third kappa shape index (κ3) is 2.12. The van der Waals surface area contributed by atoms with Gasteiger partial charge >= 0.3 is 0 Å². The summed E-state index contributed by atoms with van der Waals surface area (Å²) in [6, 6.07) is 17.5. The maximum Gasteiger partial charge on any atom is 0.0702 e. The van der Waals surface area contributed by atoms with Gasteiger partial charge in [-0.05, 0) is 23.2 Å². The number of aromatic nitrogens is 1. The topological polar surface area (TPSA) is 61.7 Å². The van der Waals surface area contributed by atoms with Gasteiger partial charge in [0, 0.05) is 27.7 Å². The standard InChI is InChI=1S/C15H10N4/c16-19-18-15-8-4-2-6-13(15)12-9-11-5-1-3-7-14(11)17-10-12/h1-10H. The fourth-order valence-corrected chi connectivity index (χ4v) is 2.07. The second kappa shape index (κ2) is 4.80. The molecular weight excluding hydrogens is 236 g/mol. The molecule has 90 valence electrons. The first-order valence-corrected chi connectivity index (χ1v) is 5.88. The van der Waals surface area contributed by atoms with Crippen LogP contribution in [0.2, 0.25) is 0 Å². The van der Waals surface area contributed by atoms with Gasteiger partial charge in [-0.1, -0.05) is 47.6 Å². The Morgan fingerprint density at radius 1 is 1.00 bits per heavy atom. The number of fused-ring (bicyclic) bond motifs is 1. The number of azide groups is 1. The molecule has 0 atom stereocenters. The van der Waals surface area contributed by atoms with Crippen molar-refractivity contribution in [3.8, 4) is 11.1 Å². The lowest BCUT2D eigenvalue weighted by molar-refractivity contribution is 1.39. The van der Waals surface area contributed by atoms with Crippen molar-refractivity contribution in [3.05, 3.63) is 71.2 Å². The van der Waals surface area contributed by atoms with Gasteiger partial charge in [0.25, 0.3) is 0 Å². The number of pyridine rings is 1. The van der Waals surface area contributed by atoms with E-state index in [0.29, 0.717) is 5.69 Å². The first kappa shape index (κ1) is 11.3. The Morgan fingerprint density at radius 2 is 1.79 bits per heavy atom. The number of benzene rings is 2. The first-order chi connectivity index (χ1) is 9.38. The lowest BCUT2D eigenvalue weighted by Gasteiger charge is -2.06. The molecule has 0 aliphatic heterocycles. The molecule has 0 saturated carbocycles. The second-order valence-electron chi connectivity index (χ2n) is 4.12. The minimum atomic E-state index is 0.613. The molecule has 0 N–H and O–H groups in total. The smallest absolute Gasteiger partial charge is 0.0702 e. The van der Waals surface area contributed by atoms with Crippen molar-refractivity contribution < 1.29 is 0 Å². The van der Waals surface area contributed by atoms with Gasteiger partial charge in [-0.15, -0.1) is 0 Å². The molecule has 0 spiro atoms. The van der Waals surface area contributed by atoms with E-state index < -0.39 is 0 Å². The van der Waals surface area contributed by atoms with Gasteiger partial charge in [-0.3, -0.25) is 4.98 Å².